The lowest BCUT2D eigenvalue weighted by Crippen LogP contribution is -2.10. The largest absolute Gasteiger partial charge is 0.396 e. The van der Waals surface area contributed by atoms with Crippen molar-refractivity contribution < 1.29 is 10.2 Å². The molecule has 0 aliphatic heterocycles. The Hall–Kier alpha value is -19.8. The van der Waals surface area contributed by atoms with E-state index in [4.69, 9.17) is 31.5 Å². The standard InChI is InChI=1S/C26H22N6.C25H19N5O.C24H17N5O.C23H14ClN5.C23H15N5/c1-32(2)15-18-7-5-9-23-24(18)29-26(28-23)25-20-12-16(10-11-22(20)30-31-25)21-14-27-13-17-6-3-4-8-19(17)21;31-11-10-15-5-3-7-22-23(15)28-25(27-22)24-19-12-16(8-9-21(19)29-30-24)20-14-26-13-17-4-1-2-6-18(17)20;30-13-16-5-3-7-21-22(16)27-24(26-21)23-18-10-14(8-9-20(18)28-29-23)19-12-25-11-15-4-1-2-6-17(15)19;24-18-6-3-7-20-22(18)27-23(26-20)21-16-10-13(8-9-19(16)28-29-21)17-12-25-11-14-4-1-2-5-15(14)17;1-2-6-16-15(5-1)12-24-13-18(16)14-9-10-19-17(11-14)22(28-27-19)23-25-20-7-3-4-8-21(20)26-23/h3-14H,15H2,1-2H3,(H,28,29)(H,30,31);1-9,12-14,31H,10-11H2,(H,27,28)(H,29,30);1-12,30H,13H2,(H,26,27)(H,28,29);1-12H,(H,26,27)(H,28,29);1-13H,(H,25,26)(H,27,28). The number of aliphatic hydroxyl groups excluding tert-OH is 2. The lowest BCUT2D eigenvalue weighted by molar-refractivity contribution is 0.283. The van der Waals surface area contributed by atoms with Crippen LogP contribution in [-0.2, 0) is 19.6 Å². The number of aromatic nitrogens is 25. The van der Waals surface area contributed by atoms with E-state index in [2.05, 4.69) is 289 Å². The van der Waals surface area contributed by atoms with Gasteiger partial charge in [-0.25, -0.2) is 24.9 Å². The average molecular weight is 1970 g/mol. The van der Waals surface area contributed by atoms with E-state index in [9.17, 15) is 10.2 Å². The van der Waals surface area contributed by atoms with Crippen molar-refractivity contribution in [3.63, 3.8) is 0 Å². The molecule has 0 saturated carbocycles. The first-order chi connectivity index (χ1) is 73.9. The molecule has 15 aromatic carbocycles. The Labute approximate surface area is 857 Å². The van der Waals surface area contributed by atoms with Crippen LogP contribution < -0.4 is 0 Å². The lowest BCUT2D eigenvalue weighted by atomic mass is 9.99. The summed E-state index contributed by atoms with van der Waals surface area (Å²) in [5.74, 6) is 3.60. The predicted molar refractivity (Wildman–Crippen MR) is 599 cm³/mol. The zero-order valence-corrected chi connectivity index (χ0v) is 81.2. The minimum absolute atomic E-state index is 0.0544. The molecular weight excluding hydrogens is 1880 g/mol. The Morgan fingerprint density at radius 2 is 0.520 bits per heavy atom. The molecule has 15 heterocycles. The van der Waals surface area contributed by atoms with Gasteiger partial charge in [0.25, 0.3) is 0 Å². The Kier molecular flexibility index (Phi) is 23.1. The van der Waals surface area contributed by atoms with Gasteiger partial charge in [-0.1, -0.05) is 218 Å². The Morgan fingerprint density at radius 1 is 0.247 bits per heavy atom. The van der Waals surface area contributed by atoms with Gasteiger partial charge in [0.1, 0.15) is 34.0 Å². The number of rotatable bonds is 15. The fraction of sp³-hybridized carbons (Fsp3) is 0.0496. The molecule has 30 rings (SSSR count). The van der Waals surface area contributed by atoms with Gasteiger partial charge in [0.2, 0.25) is 0 Å². The molecular formula is C121H87ClN26O2. The maximum absolute atomic E-state index is 9.61. The first kappa shape index (κ1) is 90.2. The molecule has 0 saturated heterocycles. The van der Waals surface area contributed by atoms with Crippen LogP contribution in [0.3, 0.4) is 0 Å². The number of halogens is 1. The molecule has 0 atom stereocenters. The highest BCUT2D eigenvalue weighted by Gasteiger charge is 2.24. The Bertz CT molecular complexity index is 10400. The average Bonchev–Trinajstić information content (AvgIpc) is 1.62. The Morgan fingerprint density at radius 3 is 0.847 bits per heavy atom. The van der Waals surface area contributed by atoms with E-state index in [0.717, 1.165) is 255 Å². The van der Waals surface area contributed by atoms with Crippen molar-refractivity contribution in [1.82, 2.24) is 131 Å². The van der Waals surface area contributed by atoms with E-state index in [-0.39, 0.29) is 13.2 Å². The van der Waals surface area contributed by atoms with Crippen LogP contribution in [0.15, 0.2) is 371 Å². The van der Waals surface area contributed by atoms with Crippen LogP contribution in [0.2, 0.25) is 5.02 Å². The molecule has 0 radical (unpaired) electrons. The van der Waals surface area contributed by atoms with Crippen molar-refractivity contribution in [3.8, 4) is 113 Å². The van der Waals surface area contributed by atoms with Gasteiger partial charge in [-0.2, -0.15) is 25.5 Å². The first-order valence-corrected chi connectivity index (χ1v) is 49.3. The number of nitrogens with one attached hydrogen (secondary N) is 10. The molecule has 0 fully saturated rings. The van der Waals surface area contributed by atoms with Gasteiger partial charge >= 0.3 is 0 Å². The van der Waals surface area contributed by atoms with Gasteiger partial charge in [0, 0.05) is 162 Å². The number of fused-ring (bicyclic) bond motifs is 15. The van der Waals surface area contributed by atoms with Crippen molar-refractivity contribution in [3.05, 3.63) is 393 Å². The van der Waals surface area contributed by atoms with E-state index in [1.54, 1.807) is 0 Å². The molecule has 150 heavy (non-hydrogen) atoms. The topological polar surface area (TPSA) is 395 Å². The summed E-state index contributed by atoms with van der Waals surface area (Å²) in [4.78, 5) is 65.0. The van der Waals surface area contributed by atoms with E-state index >= 15 is 0 Å². The quantitative estimate of drug-likeness (QED) is 0.0453. The summed E-state index contributed by atoms with van der Waals surface area (Å²) in [5, 5.41) is 74.4. The monoisotopic (exact) mass is 1970 g/mol. The second-order valence-electron chi connectivity index (χ2n) is 37.1. The molecule has 0 amide bonds. The Balaban J connectivity index is 0.0000000946. The molecule has 0 aliphatic rings. The highest BCUT2D eigenvalue weighted by Crippen LogP contribution is 2.43. The molecule has 28 nitrogen and oxygen atoms in total. The van der Waals surface area contributed by atoms with Crippen LogP contribution in [0.5, 0.6) is 0 Å². The summed E-state index contributed by atoms with van der Waals surface area (Å²) in [6.45, 7) is 0.872. The van der Waals surface area contributed by atoms with Crippen LogP contribution >= 0.6 is 11.6 Å². The number of benzene rings is 15. The van der Waals surface area contributed by atoms with Crippen molar-refractivity contribution in [2.45, 2.75) is 19.6 Å². The number of aromatic amines is 10. The molecule has 0 unspecified atom stereocenters. The minimum Gasteiger partial charge on any atom is -0.396 e. The summed E-state index contributed by atoms with van der Waals surface area (Å²) in [7, 11) is 4.13. The third-order valence-electron chi connectivity index (χ3n) is 27.5. The van der Waals surface area contributed by atoms with Gasteiger partial charge in [0.15, 0.2) is 29.1 Å². The molecule has 0 bridgehead atoms. The zero-order valence-electron chi connectivity index (χ0n) is 80.5. The molecule has 29 heteroatoms. The molecule has 30 aromatic rings. The maximum atomic E-state index is 9.61. The highest BCUT2D eigenvalue weighted by molar-refractivity contribution is 6.35. The number of hydrogen-bond donors (Lipinski definition) is 12. The van der Waals surface area contributed by atoms with E-state index < -0.39 is 0 Å². The van der Waals surface area contributed by atoms with E-state index in [0.29, 0.717) is 28.9 Å². The summed E-state index contributed by atoms with van der Waals surface area (Å²) in [5.41, 5.74) is 31.7. The van der Waals surface area contributed by atoms with Crippen LogP contribution in [-0.4, -0.2) is 162 Å². The van der Waals surface area contributed by atoms with Gasteiger partial charge in [-0.15, -0.1) is 0 Å². The van der Waals surface area contributed by atoms with Crippen LogP contribution in [0.1, 0.15) is 16.7 Å². The number of nitrogens with zero attached hydrogens (tertiary/aromatic N) is 16. The normalized spacial score (nSPS) is 11.7. The van der Waals surface area contributed by atoms with Crippen molar-refractivity contribution in [1.29, 1.82) is 0 Å². The fourth-order valence-corrected chi connectivity index (χ4v) is 20.5. The molecule has 0 spiro atoms. The van der Waals surface area contributed by atoms with Gasteiger partial charge in [-0.3, -0.25) is 50.4 Å². The zero-order chi connectivity index (χ0) is 100. The molecule has 0 aliphatic carbocycles. The number of H-pyrrole nitrogens is 10. The van der Waals surface area contributed by atoms with Crippen LogP contribution in [0, 0.1) is 0 Å². The van der Waals surface area contributed by atoms with E-state index in [1.807, 2.05) is 208 Å². The van der Waals surface area contributed by atoms with Gasteiger partial charge in [0.05, 0.1) is 88.9 Å². The van der Waals surface area contributed by atoms with Crippen LogP contribution in [0.4, 0.5) is 0 Å². The van der Waals surface area contributed by atoms with Crippen molar-refractivity contribution in [2.24, 2.45) is 0 Å². The number of imidazole rings is 5. The van der Waals surface area contributed by atoms with Gasteiger partial charge < -0.3 is 40.0 Å². The maximum Gasteiger partial charge on any atom is 0.159 e. The first-order valence-electron chi connectivity index (χ1n) is 48.9. The second kappa shape index (κ2) is 38.4. The van der Waals surface area contributed by atoms with Crippen LogP contribution in [0.25, 0.3) is 277 Å². The lowest BCUT2D eigenvalue weighted by Gasteiger charge is -2.09. The number of pyridine rings is 5. The third-order valence-corrected chi connectivity index (χ3v) is 27.8. The summed E-state index contributed by atoms with van der Waals surface area (Å²) in [6.07, 6.45) is 19.6. The second-order valence-corrected chi connectivity index (χ2v) is 37.5. The predicted octanol–water partition coefficient (Wildman–Crippen LogP) is 26.3. The number of para-hydroxylation sites is 6. The number of aliphatic hydroxyl groups is 2. The van der Waals surface area contributed by atoms with Crippen molar-refractivity contribution >= 4 is 175 Å². The summed E-state index contributed by atoms with van der Waals surface area (Å²) in [6, 6.07) is 105. The third kappa shape index (κ3) is 16.8. The fourth-order valence-electron chi connectivity index (χ4n) is 20.2. The smallest absolute Gasteiger partial charge is 0.159 e. The van der Waals surface area contributed by atoms with E-state index in [1.165, 1.54) is 27.1 Å². The summed E-state index contributed by atoms with van der Waals surface area (Å²) < 4.78 is 0. The molecule has 15 aromatic heterocycles. The van der Waals surface area contributed by atoms with Crippen molar-refractivity contribution in [2.75, 3.05) is 20.7 Å². The molecule has 12 N–H and O–H groups in total. The summed E-state index contributed by atoms with van der Waals surface area (Å²) >= 11 is 6.29. The SMILES string of the molecule is CN(C)Cc1cccc2[nH]c(-c3n[nH]c4ccc(-c5cncc6ccccc56)cc34)nc12.Clc1cccc2[nH]c(-c3n[nH]c4ccc(-c5cncc6ccccc56)cc34)nc12.OCCc1cccc2[nH]c(-c3n[nH]c4ccc(-c5cncc6ccccc56)cc34)nc12.OCc1cccc2[nH]c(-c3n[nH]c4ccc(-c5cncc6ccccc56)cc34)nc12.c1ccc2c(-c3ccc4[nH]nc(-c5nc6ccccc6[nH]5)c4c3)cncc2c1. The molecule has 720 valence electrons. The van der Waals surface area contributed by atoms with Gasteiger partial charge in [-0.05, 0) is 190 Å². The minimum atomic E-state index is -0.0544. The number of hydrogen-bond acceptors (Lipinski definition) is 18. The highest BCUT2D eigenvalue weighted by atomic mass is 35.5.